The van der Waals surface area contributed by atoms with Crippen LogP contribution in [0.2, 0.25) is 0 Å². The summed E-state index contributed by atoms with van der Waals surface area (Å²) in [4.78, 5) is 16.9. The van der Waals surface area contributed by atoms with E-state index < -0.39 is 6.09 Å². The highest BCUT2D eigenvalue weighted by Gasteiger charge is 2.15. The average molecular weight is 366 g/mol. The first-order valence-electron chi connectivity index (χ1n) is 9.42. The first-order chi connectivity index (χ1) is 13.2. The fraction of sp³-hybridized carbons (Fsp3) is 0.364. The third kappa shape index (κ3) is 5.33. The van der Waals surface area contributed by atoms with Gasteiger partial charge >= 0.3 is 6.09 Å². The molecule has 1 saturated carbocycles. The van der Waals surface area contributed by atoms with Gasteiger partial charge in [-0.3, -0.25) is 10.2 Å². The second kappa shape index (κ2) is 9.21. The molecule has 0 atom stereocenters. The Kier molecular flexibility index (Phi) is 6.47. The molecule has 5 nitrogen and oxygen atoms in total. The zero-order valence-corrected chi connectivity index (χ0v) is 15.9. The number of methoxy groups -OCH3 is 1. The molecule has 27 heavy (non-hydrogen) atoms. The SMILES string of the molecule is COc1ccc(NC(=O)O/N=C(/C)c2ccc(C3CCCCC3)cc2)cc1. The predicted octanol–water partition coefficient (Wildman–Crippen LogP) is 5.72. The minimum absolute atomic E-state index is 0.616. The van der Waals surface area contributed by atoms with Gasteiger partial charge < -0.3 is 4.74 Å². The molecular formula is C22H26N2O3. The lowest BCUT2D eigenvalue weighted by molar-refractivity contribution is 0.166. The number of ether oxygens (including phenoxy) is 1. The topological polar surface area (TPSA) is 59.9 Å². The Morgan fingerprint density at radius 2 is 1.67 bits per heavy atom. The number of nitrogens with one attached hydrogen (secondary N) is 1. The molecule has 0 radical (unpaired) electrons. The van der Waals surface area contributed by atoms with Gasteiger partial charge in [-0.1, -0.05) is 48.7 Å². The quantitative estimate of drug-likeness (QED) is 0.418. The van der Waals surface area contributed by atoms with Gasteiger partial charge in [-0.15, -0.1) is 0 Å². The Balaban J connectivity index is 1.55. The summed E-state index contributed by atoms with van der Waals surface area (Å²) in [6.45, 7) is 1.83. The summed E-state index contributed by atoms with van der Waals surface area (Å²) < 4.78 is 5.08. The Morgan fingerprint density at radius 3 is 2.30 bits per heavy atom. The maximum atomic E-state index is 11.9. The first kappa shape index (κ1) is 19.0. The zero-order chi connectivity index (χ0) is 19.1. The van der Waals surface area contributed by atoms with Gasteiger partial charge in [0.25, 0.3) is 0 Å². The summed E-state index contributed by atoms with van der Waals surface area (Å²) in [5.41, 5.74) is 3.62. The summed E-state index contributed by atoms with van der Waals surface area (Å²) in [5.74, 6) is 1.40. The van der Waals surface area contributed by atoms with Crippen molar-refractivity contribution in [1.82, 2.24) is 0 Å². The van der Waals surface area contributed by atoms with E-state index >= 15 is 0 Å². The molecule has 2 aromatic carbocycles. The number of amides is 1. The van der Waals surface area contributed by atoms with E-state index in [-0.39, 0.29) is 0 Å². The number of benzene rings is 2. The number of hydrogen-bond acceptors (Lipinski definition) is 4. The summed E-state index contributed by atoms with van der Waals surface area (Å²) >= 11 is 0. The molecule has 142 valence electrons. The average Bonchev–Trinajstić information content (AvgIpc) is 2.73. The van der Waals surface area contributed by atoms with Gasteiger partial charge in [0.15, 0.2) is 0 Å². The molecule has 0 unspecified atom stereocenters. The number of rotatable bonds is 5. The summed E-state index contributed by atoms with van der Waals surface area (Å²) in [6, 6.07) is 15.4. The van der Waals surface area contributed by atoms with Crippen molar-refractivity contribution in [2.75, 3.05) is 12.4 Å². The first-order valence-corrected chi connectivity index (χ1v) is 9.42. The molecule has 1 aliphatic carbocycles. The van der Waals surface area contributed by atoms with Crippen LogP contribution in [0.1, 0.15) is 56.1 Å². The molecule has 0 bridgehead atoms. The molecule has 1 N–H and O–H groups in total. The third-order valence-corrected chi connectivity index (χ3v) is 5.01. The number of carbonyl (C=O) groups is 1. The minimum atomic E-state index is -0.627. The van der Waals surface area contributed by atoms with Crippen LogP contribution in [0.3, 0.4) is 0 Å². The van der Waals surface area contributed by atoms with Gasteiger partial charge in [0.1, 0.15) is 5.75 Å². The van der Waals surface area contributed by atoms with Crippen LogP contribution in [0, 0.1) is 0 Å². The van der Waals surface area contributed by atoms with Crippen molar-refractivity contribution >= 4 is 17.5 Å². The van der Waals surface area contributed by atoms with Crippen molar-refractivity contribution in [2.24, 2.45) is 5.16 Å². The van der Waals surface area contributed by atoms with Crippen molar-refractivity contribution in [1.29, 1.82) is 0 Å². The highest BCUT2D eigenvalue weighted by atomic mass is 16.7. The van der Waals surface area contributed by atoms with Crippen LogP contribution < -0.4 is 10.1 Å². The number of oxime groups is 1. The van der Waals surface area contributed by atoms with Crippen LogP contribution in [-0.2, 0) is 4.84 Å². The normalized spacial score (nSPS) is 15.3. The van der Waals surface area contributed by atoms with Gasteiger partial charge in [0, 0.05) is 5.69 Å². The van der Waals surface area contributed by atoms with E-state index in [4.69, 9.17) is 9.57 Å². The number of hydrogen-bond donors (Lipinski definition) is 1. The molecule has 0 spiro atoms. The van der Waals surface area contributed by atoms with Gasteiger partial charge in [-0.05, 0) is 61.1 Å². The standard InChI is InChI=1S/C22H26N2O3/c1-16(17-8-10-19(11-9-17)18-6-4-3-5-7-18)24-27-22(25)23-20-12-14-21(26-2)15-13-20/h8-15,18H,3-7H2,1-2H3,(H,23,25)/b24-16-. The molecule has 0 aromatic heterocycles. The van der Waals surface area contributed by atoms with Crippen LogP contribution in [0.25, 0.3) is 0 Å². The van der Waals surface area contributed by atoms with Gasteiger partial charge in [-0.25, -0.2) is 4.79 Å². The van der Waals surface area contributed by atoms with Gasteiger partial charge in [0.2, 0.25) is 0 Å². The van der Waals surface area contributed by atoms with Crippen LogP contribution in [-0.4, -0.2) is 18.9 Å². The Morgan fingerprint density at radius 1 is 1.00 bits per heavy atom. The van der Waals surface area contributed by atoms with E-state index in [1.165, 1.54) is 37.7 Å². The second-order valence-electron chi connectivity index (χ2n) is 6.87. The minimum Gasteiger partial charge on any atom is -0.497 e. The van der Waals surface area contributed by atoms with E-state index in [1.807, 2.05) is 19.1 Å². The molecular weight excluding hydrogens is 340 g/mol. The monoisotopic (exact) mass is 366 g/mol. The number of anilines is 1. The molecule has 0 saturated heterocycles. The molecule has 0 aliphatic heterocycles. The smallest absolute Gasteiger partial charge is 0.437 e. The molecule has 0 heterocycles. The lowest BCUT2D eigenvalue weighted by atomic mass is 9.84. The van der Waals surface area contributed by atoms with E-state index in [1.54, 1.807) is 31.4 Å². The molecule has 1 fully saturated rings. The van der Waals surface area contributed by atoms with Crippen LogP contribution >= 0.6 is 0 Å². The van der Waals surface area contributed by atoms with Crippen molar-refractivity contribution < 1.29 is 14.4 Å². The van der Waals surface area contributed by atoms with Crippen LogP contribution in [0.15, 0.2) is 53.7 Å². The lowest BCUT2D eigenvalue weighted by Gasteiger charge is -2.22. The van der Waals surface area contributed by atoms with Gasteiger partial charge in [0.05, 0.1) is 12.8 Å². The number of carbonyl (C=O) groups excluding carboxylic acids is 1. The third-order valence-electron chi connectivity index (χ3n) is 5.01. The van der Waals surface area contributed by atoms with Crippen molar-refractivity contribution in [3.8, 4) is 5.75 Å². The Hall–Kier alpha value is -2.82. The maximum Gasteiger partial charge on any atom is 0.437 e. The fourth-order valence-electron chi connectivity index (χ4n) is 3.41. The highest BCUT2D eigenvalue weighted by molar-refractivity contribution is 5.99. The van der Waals surface area contributed by atoms with E-state index in [0.29, 0.717) is 17.3 Å². The predicted molar refractivity (Wildman–Crippen MR) is 108 cm³/mol. The molecule has 1 amide bonds. The molecule has 1 aliphatic rings. The fourth-order valence-corrected chi connectivity index (χ4v) is 3.41. The van der Waals surface area contributed by atoms with E-state index in [9.17, 15) is 4.79 Å². The number of nitrogens with zero attached hydrogens (tertiary/aromatic N) is 1. The largest absolute Gasteiger partial charge is 0.497 e. The Bertz CT molecular complexity index is 776. The second-order valence-corrected chi connectivity index (χ2v) is 6.87. The molecule has 5 heteroatoms. The van der Waals surface area contributed by atoms with Crippen molar-refractivity contribution in [2.45, 2.75) is 44.9 Å². The van der Waals surface area contributed by atoms with Crippen LogP contribution in [0.5, 0.6) is 5.75 Å². The van der Waals surface area contributed by atoms with Crippen molar-refractivity contribution in [3.05, 3.63) is 59.7 Å². The van der Waals surface area contributed by atoms with Gasteiger partial charge in [-0.2, -0.15) is 0 Å². The summed E-state index contributed by atoms with van der Waals surface area (Å²) in [6.07, 6.45) is 5.94. The molecule has 2 aromatic rings. The van der Waals surface area contributed by atoms with Crippen molar-refractivity contribution in [3.63, 3.8) is 0 Å². The molecule has 3 rings (SSSR count). The summed E-state index contributed by atoms with van der Waals surface area (Å²) in [5, 5.41) is 6.57. The lowest BCUT2D eigenvalue weighted by Crippen LogP contribution is -2.12. The Labute approximate surface area is 160 Å². The van der Waals surface area contributed by atoms with Crippen LogP contribution in [0.4, 0.5) is 10.5 Å². The summed E-state index contributed by atoms with van der Waals surface area (Å²) in [7, 11) is 1.59. The highest BCUT2D eigenvalue weighted by Crippen LogP contribution is 2.32. The van der Waals surface area contributed by atoms with E-state index in [0.717, 1.165) is 11.3 Å². The maximum absolute atomic E-state index is 11.9. The van der Waals surface area contributed by atoms with E-state index in [2.05, 4.69) is 22.6 Å². The zero-order valence-electron chi connectivity index (χ0n) is 15.9.